The normalized spacial score (nSPS) is 11.9. The molecule has 4 nitrogen and oxygen atoms in total. The standard InChI is InChI=1S/C22H17FN2O2/c1-26-16-8-10-17-14(11-16)5-9-18-20(13-3-6-15(23)7-4-13)19(12-24)22(27-2)25-21(17)18/h3-4,6-8,10-11H,5,9H2,1-2H3. The first kappa shape index (κ1) is 17.0. The molecule has 0 unspecified atom stereocenters. The maximum absolute atomic E-state index is 13.4. The number of hydrogen-bond acceptors (Lipinski definition) is 4. The molecule has 0 atom stereocenters. The molecular formula is C22H17FN2O2. The third kappa shape index (κ3) is 2.80. The molecule has 3 aromatic rings. The van der Waals surface area contributed by atoms with Crippen molar-refractivity contribution in [3.63, 3.8) is 0 Å². The van der Waals surface area contributed by atoms with Gasteiger partial charge in [0.15, 0.2) is 0 Å². The molecule has 27 heavy (non-hydrogen) atoms. The van der Waals surface area contributed by atoms with E-state index in [9.17, 15) is 9.65 Å². The molecule has 1 aliphatic rings. The number of aromatic nitrogens is 1. The molecule has 0 amide bonds. The van der Waals surface area contributed by atoms with Crippen molar-refractivity contribution in [2.45, 2.75) is 12.8 Å². The highest BCUT2D eigenvalue weighted by atomic mass is 19.1. The second kappa shape index (κ2) is 6.73. The summed E-state index contributed by atoms with van der Waals surface area (Å²) in [7, 11) is 3.15. The number of nitriles is 1. The van der Waals surface area contributed by atoms with Gasteiger partial charge in [0.1, 0.15) is 23.2 Å². The molecule has 0 spiro atoms. The summed E-state index contributed by atoms with van der Waals surface area (Å²) in [6.45, 7) is 0. The average molecular weight is 360 g/mol. The number of aryl methyl sites for hydroxylation is 1. The fourth-order valence-electron chi connectivity index (χ4n) is 3.65. The Hall–Kier alpha value is -3.39. The number of nitrogens with zero attached hydrogens (tertiary/aromatic N) is 2. The molecule has 0 saturated heterocycles. The largest absolute Gasteiger partial charge is 0.497 e. The monoisotopic (exact) mass is 360 g/mol. The van der Waals surface area contributed by atoms with Crippen molar-refractivity contribution >= 4 is 0 Å². The number of hydrogen-bond donors (Lipinski definition) is 0. The average Bonchev–Trinajstić information content (AvgIpc) is 2.72. The summed E-state index contributed by atoms with van der Waals surface area (Å²) in [5.41, 5.74) is 5.85. The summed E-state index contributed by atoms with van der Waals surface area (Å²) < 4.78 is 24.2. The highest BCUT2D eigenvalue weighted by molar-refractivity contribution is 5.84. The Bertz CT molecular complexity index is 1070. The van der Waals surface area contributed by atoms with Gasteiger partial charge in [0.2, 0.25) is 5.88 Å². The summed E-state index contributed by atoms with van der Waals surface area (Å²) in [6, 6.07) is 14.3. The van der Waals surface area contributed by atoms with Gasteiger partial charge in [0.25, 0.3) is 0 Å². The van der Waals surface area contributed by atoms with Gasteiger partial charge >= 0.3 is 0 Å². The van der Waals surface area contributed by atoms with Gasteiger partial charge in [-0.15, -0.1) is 0 Å². The molecule has 0 fully saturated rings. The van der Waals surface area contributed by atoms with Crippen LogP contribution in [0.15, 0.2) is 42.5 Å². The van der Waals surface area contributed by atoms with Gasteiger partial charge < -0.3 is 9.47 Å². The summed E-state index contributed by atoms with van der Waals surface area (Å²) in [5, 5.41) is 9.75. The quantitative estimate of drug-likeness (QED) is 0.688. The fourth-order valence-corrected chi connectivity index (χ4v) is 3.65. The molecular weight excluding hydrogens is 343 g/mol. The van der Waals surface area contributed by atoms with Crippen molar-refractivity contribution in [2.75, 3.05) is 14.2 Å². The van der Waals surface area contributed by atoms with Crippen LogP contribution in [-0.4, -0.2) is 19.2 Å². The highest BCUT2D eigenvalue weighted by Gasteiger charge is 2.26. The molecule has 1 heterocycles. The molecule has 1 aromatic heterocycles. The van der Waals surface area contributed by atoms with Crippen LogP contribution in [0.25, 0.3) is 22.4 Å². The zero-order chi connectivity index (χ0) is 19.0. The molecule has 0 saturated carbocycles. The lowest BCUT2D eigenvalue weighted by atomic mass is 9.83. The predicted molar refractivity (Wildman–Crippen MR) is 100 cm³/mol. The van der Waals surface area contributed by atoms with Crippen LogP contribution in [0.2, 0.25) is 0 Å². The van der Waals surface area contributed by atoms with Crippen LogP contribution in [-0.2, 0) is 12.8 Å². The van der Waals surface area contributed by atoms with Gasteiger partial charge in [-0.25, -0.2) is 9.37 Å². The van der Waals surface area contributed by atoms with Crippen molar-refractivity contribution in [1.29, 1.82) is 5.26 Å². The van der Waals surface area contributed by atoms with Crippen LogP contribution in [0, 0.1) is 17.1 Å². The van der Waals surface area contributed by atoms with E-state index in [4.69, 9.17) is 9.47 Å². The lowest BCUT2D eigenvalue weighted by Crippen LogP contribution is -2.11. The first-order chi connectivity index (χ1) is 13.2. The van der Waals surface area contributed by atoms with Crippen LogP contribution in [0.5, 0.6) is 11.6 Å². The molecule has 4 rings (SSSR count). The summed E-state index contributed by atoms with van der Waals surface area (Å²) in [5.74, 6) is 0.764. The number of methoxy groups -OCH3 is 2. The Morgan fingerprint density at radius 1 is 1.04 bits per heavy atom. The molecule has 134 valence electrons. The highest BCUT2D eigenvalue weighted by Crippen LogP contribution is 2.42. The lowest BCUT2D eigenvalue weighted by molar-refractivity contribution is 0.397. The van der Waals surface area contributed by atoms with Crippen LogP contribution < -0.4 is 9.47 Å². The van der Waals surface area contributed by atoms with E-state index in [1.807, 2.05) is 18.2 Å². The van der Waals surface area contributed by atoms with Crippen LogP contribution in [0.1, 0.15) is 16.7 Å². The van der Waals surface area contributed by atoms with Gasteiger partial charge in [0, 0.05) is 11.1 Å². The van der Waals surface area contributed by atoms with E-state index in [1.54, 1.807) is 19.2 Å². The summed E-state index contributed by atoms with van der Waals surface area (Å²) in [6.07, 6.45) is 1.54. The van der Waals surface area contributed by atoms with E-state index in [-0.39, 0.29) is 11.7 Å². The maximum atomic E-state index is 13.4. The second-order valence-electron chi connectivity index (χ2n) is 6.34. The number of halogens is 1. The smallest absolute Gasteiger partial charge is 0.232 e. The molecule has 0 aliphatic heterocycles. The molecule has 0 radical (unpaired) electrons. The van der Waals surface area contributed by atoms with Gasteiger partial charge in [-0.05, 0) is 59.9 Å². The molecule has 0 bridgehead atoms. The Labute approximate surface area is 156 Å². The maximum Gasteiger partial charge on any atom is 0.232 e. The lowest BCUT2D eigenvalue weighted by Gasteiger charge is -2.24. The minimum Gasteiger partial charge on any atom is -0.497 e. The van der Waals surface area contributed by atoms with Gasteiger partial charge in [-0.3, -0.25) is 0 Å². The topological polar surface area (TPSA) is 55.1 Å². The minimum atomic E-state index is -0.315. The SMILES string of the molecule is COc1ccc2c(c1)CCc1c-2nc(OC)c(C#N)c1-c1ccc(F)cc1. The zero-order valence-corrected chi connectivity index (χ0v) is 15.0. The van der Waals surface area contributed by atoms with E-state index in [0.717, 1.165) is 52.1 Å². The van der Waals surface area contributed by atoms with E-state index < -0.39 is 0 Å². The Morgan fingerprint density at radius 2 is 1.81 bits per heavy atom. The first-order valence-corrected chi connectivity index (χ1v) is 8.60. The van der Waals surface area contributed by atoms with Gasteiger partial charge in [0.05, 0.1) is 19.9 Å². The predicted octanol–water partition coefficient (Wildman–Crippen LogP) is 4.54. The van der Waals surface area contributed by atoms with Crippen molar-refractivity contribution < 1.29 is 13.9 Å². The van der Waals surface area contributed by atoms with Crippen molar-refractivity contribution in [1.82, 2.24) is 4.98 Å². The number of benzene rings is 2. The molecule has 2 aromatic carbocycles. The second-order valence-corrected chi connectivity index (χ2v) is 6.34. The van der Waals surface area contributed by atoms with E-state index in [1.165, 1.54) is 19.2 Å². The third-order valence-corrected chi connectivity index (χ3v) is 4.91. The van der Waals surface area contributed by atoms with Gasteiger partial charge in [-0.2, -0.15) is 5.26 Å². The molecule has 1 aliphatic carbocycles. The summed E-state index contributed by atoms with van der Waals surface area (Å²) >= 11 is 0. The first-order valence-electron chi connectivity index (χ1n) is 8.60. The van der Waals surface area contributed by atoms with Crippen molar-refractivity contribution in [3.8, 4) is 40.1 Å². The van der Waals surface area contributed by atoms with Crippen molar-refractivity contribution in [2.24, 2.45) is 0 Å². The zero-order valence-electron chi connectivity index (χ0n) is 15.0. The van der Waals surface area contributed by atoms with Crippen LogP contribution in [0.3, 0.4) is 0 Å². The third-order valence-electron chi connectivity index (χ3n) is 4.91. The minimum absolute atomic E-state index is 0.277. The van der Waals surface area contributed by atoms with E-state index in [0.29, 0.717) is 5.56 Å². The number of pyridine rings is 1. The number of rotatable bonds is 3. The summed E-state index contributed by atoms with van der Waals surface area (Å²) in [4.78, 5) is 4.64. The molecule has 5 heteroatoms. The Balaban J connectivity index is 2.02. The van der Waals surface area contributed by atoms with Crippen molar-refractivity contribution in [3.05, 3.63) is 65.0 Å². The van der Waals surface area contributed by atoms with Gasteiger partial charge in [-0.1, -0.05) is 12.1 Å². The Kier molecular flexibility index (Phi) is 4.25. The number of fused-ring (bicyclic) bond motifs is 3. The van der Waals surface area contributed by atoms with E-state index in [2.05, 4.69) is 11.1 Å². The fraction of sp³-hybridized carbons (Fsp3) is 0.182. The van der Waals surface area contributed by atoms with Crippen LogP contribution >= 0.6 is 0 Å². The Morgan fingerprint density at radius 3 is 2.48 bits per heavy atom. The van der Waals surface area contributed by atoms with Crippen LogP contribution in [0.4, 0.5) is 4.39 Å². The number of ether oxygens (including phenoxy) is 2. The van der Waals surface area contributed by atoms with E-state index >= 15 is 0 Å². The molecule has 0 N–H and O–H groups in total.